The van der Waals surface area contributed by atoms with Crippen LogP contribution in [0.3, 0.4) is 0 Å². The predicted octanol–water partition coefficient (Wildman–Crippen LogP) is 1.47. The molecule has 0 spiro atoms. The molecule has 0 aromatic heterocycles. The Morgan fingerprint density at radius 2 is 1.31 bits per heavy atom. The van der Waals surface area contributed by atoms with E-state index in [1.165, 1.54) is 0 Å². The lowest BCUT2D eigenvalue weighted by molar-refractivity contribution is 0.0620. The highest BCUT2D eigenvalue weighted by molar-refractivity contribution is 6.60. The Labute approximate surface area is 81.2 Å². The first-order chi connectivity index (χ1) is 6.24. The standard InChI is InChI=1S/C8H19O4Si/c1-4-10-13(8-7-9,11-5-2)12-6-3/h4-8H2,1-3H3. The summed E-state index contributed by atoms with van der Waals surface area (Å²) in [5, 5.41) is 10.6. The summed E-state index contributed by atoms with van der Waals surface area (Å²) in [5.74, 6) is 0. The van der Waals surface area contributed by atoms with Gasteiger partial charge >= 0.3 is 8.80 Å². The van der Waals surface area contributed by atoms with Crippen LogP contribution >= 0.6 is 0 Å². The molecular weight excluding hydrogens is 188 g/mol. The summed E-state index contributed by atoms with van der Waals surface area (Å²) in [6.07, 6.45) is 0. The van der Waals surface area contributed by atoms with E-state index in [2.05, 4.69) is 0 Å². The summed E-state index contributed by atoms with van der Waals surface area (Å²) in [6, 6.07) is 0.364. The second-order valence-electron chi connectivity index (χ2n) is 2.44. The third-order valence-corrected chi connectivity index (χ3v) is 4.50. The molecule has 4 nitrogen and oxygen atoms in total. The molecule has 0 aliphatic carbocycles. The number of hydrogen-bond acceptors (Lipinski definition) is 3. The van der Waals surface area contributed by atoms with Crippen LogP contribution in [-0.2, 0) is 18.4 Å². The van der Waals surface area contributed by atoms with Crippen molar-refractivity contribution in [2.75, 3.05) is 26.4 Å². The Bertz CT molecular complexity index is 91.2. The van der Waals surface area contributed by atoms with E-state index in [9.17, 15) is 5.11 Å². The summed E-state index contributed by atoms with van der Waals surface area (Å²) in [5.41, 5.74) is 0. The highest BCUT2D eigenvalue weighted by Crippen LogP contribution is 2.14. The zero-order valence-electron chi connectivity index (χ0n) is 8.67. The average Bonchev–Trinajstić information content (AvgIpc) is 2.06. The van der Waals surface area contributed by atoms with E-state index in [-0.39, 0.29) is 6.61 Å². The van der Waals surface area contributed by atoms with Crippen molar-refractivity contribution >= 4 is 8.80 Å². The second kappa shape index (κ2) is 7.46. The summed E-state index contributed by atoms with van der Waals surface area (Å²) in [6.45, 7) is 7.04. The Morgan fingerprint density at radius 3 is 1.54 bits per heavy atom. The normalized spacial score (nSPS) is 12.0. The van der Waals surface area contributed by atoms with Gasteiger partial charge in [0, 0.05) is 25.9 Å². The molecule has 0 aliphatic heterocycles. The molecule has 0 bridgehead atoms. The Balaban J connectivity index is 4.19. The van der Waals surface area contributed by atoms with Crippen LogP contribution in [0.15, 0.2) is 0 Å². The highest BCUT2D eigenvalue weighted by atomic mass is 28.4. The van der Waals surface area contributed by atoms with Gasteiger partial charge in [-0.2, -0.15) is 0 Å². The Kier molecular flexibility index (Phi) is 7.49. The van der Waals surface area contributed by atoms with Crippen LogP contribution in [0, 0.1) is 0 Å². The number of rotatable bonds is 8. The van der Waals surface area contributed by atoms with Crippen molar-refractivity contribution in [1.29, 1.82) is 0 Å². The quantitative estimate of drug-likeness (QED) is 0.566. The molecule has 0 aromatic carbocycles. The first kappa shape index (κ1) is 13.1. The smallest absolute Gasteiger partial charge is 0.374 e. The minimum Gasteiger partial charge on any atom is -0.374 e. The van der Waals surface area contributed by atoms with Crippen molar-refractivity contribution in [2.24, 2.45) is 0 Å². The van der Waals surface area contributed by atoms with Crippen molar-refractivity contribution in [1.82, 2.24) is 0 Å². The van der Waals surface area contributed by atoms with E-state index in [0.717, 1.165) is 0 Å². The van der Waals surface area contributed by atoms with E-state index in [4.69, 9.17) is 13.3 Å². The Hall–Kier alpha value is 0.0569. The zero-order chi connectivity index (χ0) is 10.2. The molecule has 0 atom stereocenters. The van der Waals surface area contributed by atoms with Gasteiger partial charge < -0.3 is 13.3 Å². The SMILES string of the molecule is CCO[Si](CC[O])(OCC)OCC. The van der Waals surface area contributed by atoms with Gasteiger partial charge in [0.25, 0.3) is 0 Å². The van der Waals surface area contributed by atoms with Crippen LogP contribution < -0.4 is 0 Å². The van der Waals surface area contributed by atoms with Gasteiger partial charge in [0.2, 0.25) is 0 Å². The van der Waals surface area contributed by atoms with Crippen molar-refractivity contribution in [3.05, 3.63) is 0 Å². The molecule has 0 saturated carbocycles. The lowest BCUT2D eigenvalue weighted by Crippen LogP contribution is -2.46. The lowest BCUT2D eigenvalue weighted by atomic mass is 10.9. The van der Waals surface area contributed by atoms with Gasteiger partial charge in [0.05, 0.1) is 6.61 Å². The molecule has 0 aromatic rings. The van der Waals surface area contributed by atoms with Gasteiger partial charge in [-0.05, 0) is 20.8 Å². The fourth-order valence-electron chi connectivity index (χ4n) is 1.13. The van der Waals surface area contributed by atoms with Gasteiger partial charge in [-0.1, -0.05) is 0 Å². The van der Waals surface area contributed by atoms with Crippen molar-refractivity contribution in [2.45, 2.75) is 26.8 Å². The van der Waals surface area contributed by atoms with Crippen LogP contribution in [0.5, 0.6) is 0 Å². The molecule has 5 heteroatoms. The summed E-state index contributed by atoms with van der Waals surface area (Å²) >= 11 is 0. The molecule has 0 heterocycles. The first-order valence-electron chi connectivity index (χ1n) is 4.74. The van der Waals surface area contributed by atoms with Gasteiger partial charge in [-0.25, -0.2) is 5.11 Å². The minimum absolute atomic E-state index is 0.202. The molecule has 0 amide bonds. The topological polar surface area (TPSA) is 47.6 Å². The third-order valence-electron chi connectivity index (χ3n) is 1.50. The van der Waals surface area contributed by atoms with Crippen molar-refractivity contribution in [3.8, 4) is 0 Å². The third kappa shape index (κ3) is 4.73. The van der Waals surface area contributed by atoms with Crippen molar-refractivity contribution < 1.29 is 18.4 Å². The second-order valence-corrected chi connectivity index (χ2v) is 5.17. The van der Waals surface area contributed by atoms with Crippen molar-refractivity contribution in [3.63, 3.8) is 0 Å². The molecule has 0 aliphatic rings. The molecule has 0 unspecified atom stereocenters. The maximum Gasteiger partial charge on any atom is 0.503 e. The van der Waals surface area contributed by atoms with Crippen LogP contribution in [0.2, 0.25) is 6.04 Å². The van der Waals surface area contributed by atoms with E-state index >= 15 is 0 Å². The molecule has 0 rings (SSSR count). The molecule has 1 radical (unpaired) electrons. The maximum absolute atomic E-state index is 10.6. The maximum atomic E-state index is 10.6. The molecule has 79 valence electrons. The summed E-state index contributed by atoms with van der Waals surface area (Å²) in [7, 11) is -2.61. The fourth-order valence-corrected chi connectivity index (χ4v) is 3.38. The fraction of sp³-hybridized carbons (Fsp3) is 1.00. The Morgan fingerprint density at radius 1 is 0.923 bits per heavy atom. The van der Waals surface area contributed by atoms with Crippen LogP contribution in [0.25, 0.3) is 0 Å². The van der Waals surface area contributed by atoms with Gasteiger partial charge in [-0.3, -0.25) is 0 Å². The van der Waals surface area contributed by atoms with Gasteiger partial charge in [-0.15, -0.1) is 0 Å². The predicted molar refractivity (Wildman–Crippen MR) is 51.0 cm³/mol. The van der Waals surface area contributed by atoms with E-state index in [1.54, 1.807) is 0 Å². The monoisotopic (exact) mass is 207 g/mol. The van der Waals surface area contributed by atoms with E-state index < -0.39 is 8.80 Å². The van der Waals surface area contributed by atoms with E-state index in [0.29, 0.717) is 25.9 Å². The number of hydrogen-bond donors (Lipinski definition) is 0. The molecule has 0 saturated heterocycles. The summed E-state index contributed by atoms with van der Waals surface area (Å²) in [4.78, 5) is 0. The van der Waals surface area contributed by atoms with E-state index in [1.807, 2.05) is 20.8 Å². The zero-order valence-corrected chi connectivity index (χ0v) is 9.67. The highest BCUT2D eigenvalue weighted by Gasteiger charge is 2.39. The van der Waals surface area contributed by atoms with Crippen LogP contribution in [0.1, 0.15) is 20.8 Å². The summed E-state index contributed by atoms with van der Waals surface area (Å²) < 4.78 is 16.3. The van der Waals surface area contributed by atoms with Gasteiger partial charge in [0.1, 0.15) is 0 Å². The lowest BCUT2D eigenvalue weighted by Gasteiger charge is -2.27. The first-order valence-corrected chi connectivity index (χ1v) is 6.67. The largest absolute Gasteiger partial charge is 0.503 e. The molecular formula is C8H19O4Si. The molecule has 0 N–H and O–H groups in total. The van der Waals surface area contributed by atoms with Gasteiger partial charge in [0.15, 0.2) is 0 Å². The molecule has 13 heavy (non-hydrogen) atoms. The average molecular weight is 207 g/mol. The minimum atomic E-state index is -2.61. The molecule has 0 fully saturated rings. The van der Waals surface area contributed by atoms with Crippen LogP contribution in [0.4, 0.5) is 0 Å². The van der Waals surface area contributed by atoms with Crippen LogP contribution in [-0.4, -0.2) is 35.2 Å².